The number of hydrogen-bond acceptors (Lipinski definition) is 6. The zero-order chi connectivity index (χ0) is 31.3. The predicted molar refractivity (Wildman–Crippen MR) is 177 cm³/mol. The number of halogens is 2. The third kappa shape index (κ3) is 18.1. The SMILES string of the molecule is C/C=C(\CC)c1noc(C(=O)NCc2ccccc2)n1.C=C(Cl)/C(O)=C/Cl.C=CC/C=C(\C=C/CC(C)(C)C)SC. The Hall–Kier alpha value is -3.00. The molecule has 0 bridgehead atoms. The van der Waals surface area contributed by atoms with Crippen LogP contribution in [0.3, 0.4) is 0 Å². The fourth-order valence-electron chi connectivity index (χ4n) is 2.80. The molecule has 224 valence electrons. The van der Waals surface area contributed by atoms with Crippen LogP contribution < -0.4 is 5.32 Å². The first kappa shape index (κ1) is 38.0. The lowest BCUT2D eigenvalue weighted by atomic mass is 9.92. The minimum absolute atomic E-state index is 0.0104. The molecule has 0 spiro atoms. The van der Waals surface area contributed by atoms with Gasteiger partial charge >= 0.3 is 11.8 Å². The molecule has 9 heteroatoms. The fraction of sp³-hybridized carbons (Fsp3) is 0.344. The van der Waals surface area contributed by atoms with Gasteiger partial charge in [0.15, 0.2) is 5.82 Å². The summed E-state index contributed by atoms with van der Waals surface area (Å²) in [5.74, 6) is -0.0916. The number of carbonyl (C=O) groups is 1. The number of allylic oxidation sites excluding steroid dienone is 7. The molecule has 0 saturated carbocycles. The van der Waals surface area contributed by atoms with Crippen LogP contribution in [-0.2, 0) is 6.54 Å². The summed E-state index contributed by atoms with van der Waals surface area (Å²) in [6, 6.07) is 9.65. The molecule has 2 rings (SSSR count). The summed E-state index contributed by atoms with van der Waals surface area (Å²) >= 11 is 11.9. The van der Waals surface area contributed by atoms with Crippen molar-refractivity contribution in [3.63, 3.8) is 0 Å². The van der Waals surface area contributed by atoms with Crippen molar-refractivity contribution >= 4 is 46.4 Å². The summed E-state index contributed by atoms with van der Waals surface area (Å²) in [5.41, 5.74) is 3.31. The lowest BCUT2D eigenvalue weighted by Gasteiger charge is -2.14. The van der Waals surface area contributed by atoms with Crippen LogP contribution in [0.1, 0.15) is 76.0 Å². The Labute approximate surface area is 260 Å². The monoisotopic (exact) mass is 619 g/mol. The molecule has 6 nitrogen and oxygen atoms in total. The highest BCUT2D eigenvalue weighted by atomic mass is 35.5. The number of rotatable bonds is 11. The van der Waals surface area contributed by atoms with E-state index >= 15 is 0 Å². The van der Waals surface area contributed by atoms with Crippen LogP contribution in [-0.4, -0.2) is 27.4 Å². The van der Waals surface area contributed by atoms with Crippen molar-refractivity contribution in [3.8, 4) is 0 Å². The summed E-state index contributed by atoms with van der Waals surface area (Å²) in [5, 5.41) is 15.1. The van der Waals surface area contributed by atoms with Gasteiger partial charge in [0, 0.05) is 17.0 Å². The first-order valence-electron chi connectivity index (χ1n) is 13.1. The molecule has 0 atom stereocenters. The molecular formula is C32H43Cl2N3O3S. The molecule has 2 N–H and O–H groups in total. The molecule has 1 aromatic heterocycles. The number of nitrogens with one attached hydrogen (secondary N) is 1. The molecule has 2 aromatic rings. The summed E-state index contributed by atoms with van der Waals surface area (Å²) in [4.78, 5) is 17.3. The summed E-state index contributed by atoms with van der Waals surface area (Å²) in [6.07, 6.45) is 15.5. The normalized spacial score (nSPS) is 12.1. The number of hydrogen-bond donors (Lipinski definition) is 2. The number of benzene rings is 1. The maximum atomic E-state index is 11.9. The van der Waals surface area contributed by atoms with Gasteiger partial charge in [0.2, 0.25) is 0 Å². The van der Waals surface area contributed by atoms with Crippen LogP contribution in [0.15, 0.2) is 99.6 Å². The third-order valence-corrected chi connectivity index (χ3v) is 6.22. The Morgan fingerprint density at radius 3 is 2.37 bits per heavy atom. The van der Waals surface area contributed by atoms with E-state index in [1.165, 1.54) is 4.91 Å². The van der Waals surface area contributed by atoms with E-state index < -0.39 is 0 Å². The largest absolute Gasteiger partial charge is 0.505 e. The van der Waals surface area contributed by atoms with E-state index in [4.69, 9.17) is 32.8 Å². The third-order valence-electron chi connectivity index (χ3n) is 5.05. The van der Waals surface area contributed by atoms with E-state index in [0.29, 0.717) is 17.8 Å². The van der Waals surface area contributed by atoms with Gasteiger partial charge in [-0.1, -0.05) is 123 Å². The number of aliphatic hydroxyl groups excluding tert-OH is 1. The second-order valence-corrected chi connectivity index (χ2v) is 11.2. The molecule has 1 heterocycles. The molecule has 0 radical (unpaired) electrons. The molecule has 0 aliphatic rings. The van der Waals surface area contributed by atoms with Crippen molar-refractivity contribution in [2.45, 2.75) is 60.4 Å². The van der Waals surface area contributed by atoms with E-state index in [1.807, 2.05) is 56.3 Å². The predicted octanol–water partition coefficient (Wildman–Crippen LogP) is 9.99. The zero-order valence-electron chi connectivity index (χ0n) is 24.9. The Morgan fingerprint density at radius 2 is 1.90 bits per heavy atom. The lowest BCUT2D eigenvalue weighted by Crippen LogP contribution is -2.23. The van der Waals surface area contributed by atoms with Crippen molar-refractivity contribution in [1.82, 2.24) is 15.5 Å². The van der Waals surface area contributed by atoms with E-state index in [2.05, 4.69) is 73.9 Å². The highest BCUT2D eigenvalue weighted by Gasteiger charge is 2.16. The molecule has 0 unspecified atom stereocenters. The molecule has 0 fully saturated rings. The van der Waals surface area contributed by atoms with Crippen LogP contribution in [0, 0.1) is 5.41 Å². The van der Waals surface area contributed by atoms with Crippen LogP contribution >= 0.6 is 35.0 Å². The molecule has 41 heavy (non-hydrogen) atoms. The van der Waals surface area contributed by atoms with E-state index in [-0.39, 0.29) is 22.6 Å². The number of amides is 1. The van der Waals surface area contributed by atoms with E-state index in [1.54, 1.807) is 11.8 Å². The minimum atomic E-state index is -0.362. The van der Waals surface area contributed by atoms with E-state index in [9.17, 15) is 4.79 Å². The fourth-order valence-corrected chi connectivity index (χ4v) is 3.54. The van der Waals surface area contributed by atoms with Gasteiger partial charge in [-0.2, -0.15) is 4.98 Å². The topological polar surface area (TPSA) is 88.3 Å². The molecule has 0 aliphatic carbocycles. The van der Waals surface area contributed by atoms with Crippen molar-refractivity contribution in [2.75, 3.05) is 6.26 Å². The molecule has 1 amide bonds. The van der Waals surface area contributed by atoms with Gasteiger partial charge in [-0.15, -0.1) is 18.3 Å². The molecule has 0 saturated heterocycles. The number of aromatic nitrogens is 2. The van der Waals surface area contributed by atoms with Crippen molar-refractivity contribution in [1.29, 1.82) is 0 Å². The maximum Gasteiger partial charge on any atom is 0.316 e. The highest BCUT2D eigenvalue weighted by Crippen LogP contribution is 2.21. The number of carbonyl (C=O) groups excluding carboxylic acids is 1. The number of nitrogens with zero attached hydrogens (tertiary/aromatic N) is 2. The zero-order valence-corrected chi connectivity index (χ0v) is 27.2. The van der Waals surface area contributed by atoms with Crippen molar-refractivity contribution < 1.29 is 14.4 Å². The average molecular weight is 621 g/mol. The Kier molecular flexibility index (Phi) is 20.1. The molecular weight excluding hydrogens is 577 g/mol. The van der Waals surface area contributed by atoms with Gasteiger partial charge in [0.1, 0.15) is 5.76 Å². The van der Waals surface area contributed by atoms with E-state index in [0.717, 1.165) is 35.9 Å². The summed E-state index contributed by atoms with van der Waals surface area (Å²) in [7, 11) is 0. The second-order valence-electron chi connectivity index (χ2n) is 9.66. The maximum absolute atomic E-state index is 11.9. The standard InChI is InChI=1S/C15H17N3O2.C13H22S.C4H4Cl2O/c1-3-12(4-2)13-17-15(20-18-13)14(19)16-10-11-8-6-5-7-9-11;1-6-7-9-12(14-5)10-8-11-13(2,3)4;1-3(6)4(7)2-5/h3,5-9H,4,10H2,1-2H3,(H,16,19);6,8-10H,1,7,11H2,2-5H3;2,7H,1H2/b12-3+;10-8-,12-9+;4-2-. The molecule has 0 aliphatic heterocycles. The van der Waals surface area contributed by atoms with Gasteiger partial charge in [-0.05, 0) is 49.0 Å². The first-order valence-corrected chi connectivity index (χ1v) is 15.1. The van der Waals surface area contributed by atoms with Gasteiger partial charge in [-0.3, -0.25) is 4.79 Å². The summed E-state index contributed by atoms with van der Waals surface area (Å²) in [6.45, 7) is 18.0. The van der Waals surface area contributed by atoms with Gasteiger partial charge < -0.3 is 14.9 Å². The molecule has 1 aromatic carbocycles. The van der Waals surface area contributed by atoms with Crippen LogP contribution in [0.5, 0.6) is 0 Å². The number of thioether (sulfide) groups is 1. The van der Waals surface area contributed by atoms with Crippen molar-refractivity contribution in [3.05, 3.63) is 112 Å². The Bertz CT molecular complexity index is 1190. The van der Waals surface area contributed by atoms with Gasteiger partial charge in [-0.25, -0.2) is 0 Å². The van der Waals surface area contributed by atoms with Crippen LogP contribution in [0.2, 0.25) is 0 Å². The van der Waals surface area contributed by atoms with Crippen molar-refractivity contribution in [2.24, 2.45) is 5.41 Å². The van der Waals surface area contributed by atoms with Gasteiger partial charge in [0.05, 0.1) is 5.03 Å². The lowest BCUT2D eigenvalue weighted by molar-refractivity contribution is 0.0907. The van der Waals surface area contributed by atoms with Crippen LogP contribution in [0.4, 0.5) is 0 Å². The van der Waals surface area contributed by atoms with Crippen LogP contribution in [0.25, 0.3) is 5.57 Å². The Morgan fingerprint density at radius 1 is 1.24 bits per heavy atom. The van der Waals surface area contributed by atoms with Gasteiger partial charge in [0.25, 0.3) is 0 Å². The quantitative estimate of drug-likeness (QED) is 0.148. The first-order chi connectivity index (χ1) is 19.4. The highest BCUT2D eigenvalue weighted by molar-refractivity contribution is 8.02. The Balaban J connectivity index is 0.000000663. The average Bonchev–Trinajstić information content (AvgIpc) is 3.44. The second kappa shape index (κ2) is 21.7. The summed E-state index contributed by atoms with van der Waals surface area (Å²) < 4.78 is 4.99. The number of aliphatic hydroxyl groups is 1. The minimum Gasteiger partial charge on any atom is -0.505 e. The smallest absolute Gasteiger partial charge is 0.316 e.